The van der Waals surface area contributed by atoms with Gasteiger partial charge in [0.25, 0.3) is 10.1 Å². The van der Waals surface area contributed by atoms with Gasteiger partial charge in [0.05, 0.1) is 17.7 Å². The minimum atomic E-state index is -4.52. The largest absolute Gasteiger partial charge is 0.432 e. The van der Waals surface area contributed by atoms with Crippen LogP contribution in [0.25, 0.3) is 0 Å². The SMILES string of the molecule is Cc1ccc(S(=O)(=O)OC23CCC(c4ncc(C(F)(F)F)[nH]4)(CC2)OC3)c(C)c1. The van der Waals surface area contributed by atoms with Gasteiger partial charge in [-0.25, -0.2) is 4.98 Å². The second kappa shape index (κ2) is 6.55. The smallest absolute Gasteiger partial charge is 0.364 e. The van der Waals surface area contributed by atoms with Crippen molar-refractivity contribution in [1.29, 1.82) is 0 Å². The summed E-state index contributed by atoms with van der Waals surface area (Å²) in [5.74, 6) is 0.121. The van der Waals surface area contributed by atoms with E-state index in [1.165, 1.54) is 6.07 Å². The molecule has 2 bridgehead atoms. The quantitative estimate of drug-likeness (QED) is 0.742. The van der Waals surface area contributed by atoms with Gasteiger partial charge in [-0.05, 0) is 51.2 Å². The van der Waals surface area contributed by atoms with E-state index in [4.69, 9.17) is 8.92 Å². The van der Waals surface area contributed by atoms with Crippen LogP contribution in [-0.2, 0) is 30.8 Å². The van der Waals surface area contributed by atoms with E-state index in [0.29, 0.717) is 31.2 Å². The zero-order chi connectivity index (χ0) is 21.1. The number of imidazole rings is 1. The number of halogens is 3. The van der Waals surface area contributed by atoms with Gasteiger partial charge in [0.1, 0.15) is 22.7 Å². The normalized spacial score (nSPS) is 27.3. The van der Waals surface area contributed by atoms with Crippen molar-refractivity contribution in [2.24, 2.45) is 0 Å². The van der Waals surface area contributed by atoms with Crippen molar-refractivity contribution in [2.75, 3.05) is 6.61 Å². The highest BCUT2D eigenvalue weighted by atomic mass is 32.2. The van der Waals surface area contributed by atoms with Crippen LogP contribution in [0.1, 0.15) is 48.3 Å². The van der Waals surface area contributed by atoms with E-state index in [2.05, 4.69) is 9.97 Å². The third-order valence-corrected chi connectivity index (χ3v) is 7.35. The van der Waals surface area contributed by atoms with Gasteiger partial charge in [0.2, 0.25) is 0 Å². The maximum absolute atomic E-state index is 12.9. The molecule has 2 saturated heterocycles. The minimum absolute atomic E-state index is 0.0286. The van der Waals surface area contributed by atoms with E-state index in [-0.39, 0.29) is 17.3 Å². The third-order valence-electron chi connectivity index (χ3n) is 5.78. The Morgan fingerprint density at radius 3 is 2.38 bits per heavy atom. The van der Waals surface area contributed by atoms with E-state index in [9.17, 15) is 21.6 Å². The summed E-state index contributed by atoms with van der Waals surface area (Å²) in [6, 6.07) is 5.00. The lowest BCUT2D eigenvalue weighted by Gasteiger charge is -2.51. The summed E-state index contributed by atoms with van der Waals surface area (Å²) in [6.07, 6.45) is -2.43. The van der Waals surface area contributed by atoms with Gasteiger partial charge in [0.15, 0.2) is 0 Å². The van der Waals surface area contributed by atoms with Crippen molar-refractivity contribution in [3.05, 3.63) is 47.0 Å². The second-order valence-electron chi connectivity index (χ2n) is 7.92. The first-order valence-corrected chi connectivity index (χ1v) is 10.7. The number of hydrogen-bond acceptors (Lipinski definition) is 5. The van der Waals surface area contributed by atoms with Gasteiger partial charge >= 0.3 is 6.18 Å². The molecular weight excluding hydrogens is 409 g/mol. The third kappa shape index (κ3) is 3.57. The molecule has 0 atom stereocenters. The maximum atomic E-state index is 12.9. The molecule has 10 heteroatoms. The van der Waals surface area contributed by atoms with E-state index in [1.807, 2.05) is 6.92 Å². The molecule has 3 fully saturated rings. The summed E-state index contributed by atoms with van der Waals surface area (Å²) in [4.78, 5) is 6.31. The minimum Gasteiger partial charge on any atom is -0.364 e. The molecule has 0 radical (unpaired) electrons. The molecule has 0 amide bonds. The van der Waals surface area contributed by atoms with Crippen LogP contribution in [0.2, 0.25) is 0 Å². The Kier molecular flexibility index (Phi) is 4.60. The summed E-state index contributed by atoms with van der Waals surface area (Å²) in [6.45, 7) is 3.55. The number of aromatic amines is 1. The molecule has 0 unspecified atom stereocenters. The Bertz CT molecular complexity index is 1020. The first-order valence-electron chi connectivity index (χ1n) is 9.24. The predicted octanol–water partition coefficient (Wildman–Crippen LogP) is 3.99. The first kappa shape index (κ1) is 20.4. The number of alkyl halides is 3. The monoisotopic (exact) mass is 430 g/mol. The van der Waals surface area contributed by atoms with Crippen molar-refractivity contribution >= 4 is 10.1 Å². The maximum Gasteiger partial charge on any atom is 0.432 e. The average Bonchev–Trinajstić information content (AvgIpc) is 3.13. The number of H-pyrrole nitrogens is 1. The average molecular weight is 430 g/mol. The van der Waals surface area contributed by atoms with Crippen molar-refractivity contribution in [1.82, 2.24) is 9.97 Å². The molecule has 2 aliphatic heterocycles. The molecule has 6 nitrogen and oxygen atoms in total. The molecule has 1 aromatic heterocycles. The van der Waals surface area contributed by atoms with E-state index in [1.54, 1.807) is 19.1 Å². The summed E-state index contributed by atoms with van der Waals surface area (Å²) >= 11 is 0. The van der Waals surface area contributed by atoms with E-state index >= 15 is 0 Å². The molecule has 1 N–H and O–H groups in total. The fourth-order valence-corrected chi connectivity index (χ4v) is 5.59. The second-order valence-corrected chi connectivity index (χ2v) is 9.43. The van der Waals surface area contributed by atoms with Crippen molar-refractivity contribution in [3.63, 3.8) is 0 Å². The van der Waals surface area contributed by atoms with Crippen LogP contribution in [0.3, 0.4) is 0 Å². The summed E-state index contributed by atoms with van der Waals surface area (Å²) in [5, 5.41) is 0. The van der Waals surface area contributed by atoms with Crippen LogP contribution >= 0.6 is 0 Å². The molecule has 5 rings (SSSR count). The van der Waals surface area contributed by atoms with Gasteiger partial charge in [0, 0.05) is 0 Å². The number of benzene rings is 1. The zero-order valence-electron chi connectivity index (χ0n) is 16.0. The topological polar surface area (TPSA) is 81.3 Å². The van der Waals surface area contributed by atoms with Crippen LogP contribution in [0.15, 0.2) is 29.3 Å². The highest BCUT2D eigenvalue weighted by molar-refractivity contribution is 7.86. The Morgan fingerprint density at radius 2 is 1.86 bits per heavy atom. The van der Waals surface area contributed by atoms with Crippen LogP contribution in [0.5, 0.6) is 0 Å². The van der Waals surface area contributed by atoms with Crippen molar-refractivity contribution in [3.8, 4) is 0 Å². The highest BCUT2D eigenvalue weighted by Crippen LogP contribution is 2.51. The van der Waals surface area contributed by atoms with E-state index in [0.717, 1.165) is 11.8 Å². The van der Waals surface area contributed by atoms with Crippen LogP contribution in [0.4, 0.5) is 13.2 Å². The molecule has 1 aliphatic carbocycles. The number of rotatable bonds is 4. The number of fused-ring (bicyclic) bond motifs is 3. The summed E-state index contributed by atoms with van der Waals surface area (Å²) in [7, 11) is -4.01. The standard InChI is InChI=1S/C19H21F3N2O4S/c1-12-3-4-14(13(2)9-12)29(25,26)28-17-5-7-18(8-6-17,27-11-17)16-23-10-15(24-16)19(20,21)22/h3-4,9-10H,5-8,11H2,1-2H3,(H,23,24). The molecule has 3 heterocycles. The number of nitrogens with one attached hydrogen (secondary N) is 1. The molecule has 0 spiro atoms. The molecule has 3 aliphatic rings. The Hall–Kier alpha value is -1.91. The molecule has 158 valence electrons. The van der Waals surface area contributed by atoms with Crippen LogP contribution in [0, 0.1) is 13.8 Å². The van der Waals surface area contributed by atoms with E-state index < -0.39 is 33.2 Å². The molecule has 29 heavy (non-hydrogen) atoms. The fourth-order valence-electron chi connectivity index (χ4n) is 4.13. The van der Waals surface area contributed by atoms with Crippen LogP contribution in [-0.4, -0.2) is 30.6 Å². The molecule has 2 aromatic rings. The van der Waals surface area contributed by atoms with Crippen molar-refractivity contribution in [2.45, 2.75) is 61.8 Å². The predicted molar refractivity (Wildman–Crippen MR) is 96.6 cm³/mol. The highest BCUT2D eigenvalue weighted by Gasteiger charge is 2.55. The Labute approximate surface area is 166 Å². The van der Waals surface area contributed by atoms with Gasteiger partial charge in [-0.15, -0.1) is 0 Å². The van der Waals surface area contributed by atoms with Crippen LogP contribution < -0.4 is 0 Å². The summed E-state index contributed by atoms with van der Waals surface area (Å²) in [5.41, 5.74) is -1.38. The van der Waals surface area contributed by atoms with Gasteiger partial charge < -0.3 is 9.72 Å². The number of hydrogen-bond donors (Lipinski definition) is 1. The molecule has 1 aromatic carbocycles. The number of ether oxygens (including phenoxy) is 1. The lowest BCUT2D eigenvalue weighted by Crippen LogP contribution is -2.55. The zero-order valence-corrected chi connectivity index (χ0v) is 16.8. The Balaban J connectivity index is 1.53. The number of aromatic nitrogens is 2. The lowest BCUT2D eigenvalue weighted by molar-refractivity contribution is -0.213. The first-order chi connectivity index (χ1) is 13.4. The summed E-state index contributed by atoms with van der Waals surface area (Å²) < 4.78 is 75.8. The fraction of sp³-hybridized carbons (Fsp3) is 0.526. The lowest BCUT2D eigenvalue weighted by atomic mass is 9.73. The number of nitrogens with zero attached hydrogens (tertiary/aromatic N) is 1. The van der Waals surface area contributed by atoms with Gasteiger partial charge in [-0.1, -0.05) is 17.7 Å². The van der Waals surface area contributed by atoms with Crippen molar-refractivity contribution < 1.29 is 30.5 Å². The van der Waals surface area contributed by atoms with Gasteiger partial charge in [-0.3, -0.25) is 4.18 Å². The Morgan fingerprint density at radius 1 is 1.17 bits per heavy atom. The van der Waals surface area contributed by atoms with Gasteiger partial charge in [-0.2, -0.15) is 21.6 Å². The molecular formula is C19H21F3N2O4S. The molecule has 1 saturated carbocycles. The number of aryl methyl sites for hydroxylation is 2.